The molecule has 3 aromatic carbocycles. The highest BCUT2D eigenvalue weighted by molar-refractivity contribution is 7.91. The summed E-state index contributed by atoms with van der Waals surface area (Å²) in [6.07, 6.45) is 1.13. The van der Waals surface area contributed by atoms with E-state index in [0.29, 0.717) is 24.5 Å². The van der Waals surface area contributed by atoms with Crippen molar-refractivity contribution in [1.29, 1.82) is 0 Å². The first-order valence-electron chi connectivity index (χ1n) is 10.5. The molecule has 0 aliphatic rings. The Hall–Kier alpha value is -3.36. The molecule has 0 aromatic heterocycles. The van der Waals surface area contributed by atoms with Gasteiger partial charge in [-0.2, -0.15) is 0 Å². The standard InChI is InChI=1S/C25H27NO6S/c1-31-21-9-5-10-23(17-21)33(29,30)22-14-12-20(13-15-22)32-24(19-7-3-2-4-8-19)11-6-16-26-18-25(27)28/h2-5,7-10,12-15,17,24,26H,6,11,16,18H2,1H3,(H,27,28). The van der Waals surface area contributed by atoms with Crippen molar-refractivity contribution in [2.45, 2.75) is 28.7 Å². The zero-order chi connectivity index (χ0) is 23.7. The van der Waals surface area contributed by atoms with Gasteiger partial charge in [0.2, 0.25) is 9.84 Å². The molecule has 33 heavy (non-hydrogen) atoms. The monoisotopic (exact) mass is 469 g/mol. The summed E-state index contributed by atoms with van der Waals surface area (Å²) < 4.78 is 37.2. The zero-order valence-electron chi connectivity index (χ0n) is 18.3. The molecule has 1 unspecified atom stereocenters. The number of benzene rings is 3. The predicted molar refractivity (Wildman–Crippen MR) is 124 cm³/mol. The van der Waals surface area contributed by atoms with Gasteiger partial charge in [0, 0.05) is 0 Å². The normalized spacial score (nSPS) is 12.2. The third-order valence-electron chi connectivity index (χ3n) is 5.03. The zero-order valence-corrected chi connectivity index (χ0v) is 19.1. The van der Waals surface area contributed by atoms with Crippen LogP contribution in [0.3, 0.4) is 0 Å². The molecule has 174 valence electrons. The summed E-state index contributed by atoms with van der Waals surface area (Å²) in [6.45, 7) is 0.469. The first-order valence-corrected chi connectivity index (χ1v) is 12.0. The highest BCUT2D eigenvalue weighted by Gasteiger charge is 2.19. The maximum atomic E-state index is 13.0. The Morgan fingerprint density at radius 2 is 1.67 bits per heavy atom. The third-order valence-corrected chi connectivity index (χ3v) is 6.80. The van der Waals surface area contributed by atoms with E-state index < -0.39 is 15.8 Å². The van der Waals surface area contributed by atoms with Crippen LogP contribution in [0, 0.1) is 0 Å². The van der Waals surface area contributed by atoms with Crippen LogP contribution in [0.15, 0.2) is 88.7 Å². The number of aliphatic carboxylic acids is 1. The minimum Gasteiger partial charge on any atom is -0.497 e. The maximum Gasteiger partial charge on any atom is 0.317 e. The molecule has 3 rings (SSSR count). The molecule has 0 saturated heterocycles. The number of methoxy groups -OCH3 is 1. The number of carboxylic acids is 1. The van der Waals surface area contributed by atoms with Crippen LogP contribution in [-0.2, 0) is 14.6 Å². The number of carbonyl (C=O) groups is 1. The van der Waals surface area contributed by atoms with Gasteiger partial charge in [-0.15, -0.1) is 0 Å². The van der Waals surface area contributed by atoms with Gasteiger partial charge in [-0.25, -0.2) is 8.42 Å². The number of hydrogen-bond acceptors (Lipinski definition) is 6. The Kier molecular flexibility index (Phi) is 8.46. The van der Waals surface area contributed by atoms with E-state index in [-0.39, 0.29) is 22.4 Å². The van der Waals surface area contributed by atoms with Crippen LogP contribution >= 0.6 is 0 Å². The number of sulfone groups is 1. The van der Waals surface area contributed by atoms with Gasteiger partial charge in [-0.3, -0.25) is 4.79 Å². The Balaban J connectivity index is 1.72. The van der Waals surface area contributed by atoms with Crippen molar-refractivity contribution in [1.82, 2.24) is 5.32 Å². The first-order chi connectivity index (χ1) is 15.9. The lowest BCUT2D eigenvalue weighted by molar-refractivity contribution is -0.135. The molecule has 0 fully saturated rings. The van der Waals surface area contributed by atoms with Crippen molar-refractivity contribution in [3.05, 3.63) is 84.4 Å². The smallest absolute Gasteiger partial charge is 0.317 e. The van der Waals surface area contributed by atoms with E-state index >= 15 is 0 Å². The van der Waals surface area contributed by atoms with Crippen LogP contribution in [0.1, 0.15) is 24.5 Å². The first kappa shape index (κ1) is 24.3. The van der Waals surface area contributed by atoms with E-state index in [1.54, 1.807) is 24.3 Å². The Morgan fingerprint density at radius 3 is 2.33 bits per heavy atom. The van der Waals surface area contributed by atoms with Crippen LogP contribution in [0.25, 0.3) is 0 Å². The van der Waals surface area contributed by atoms with Crippen molar-refractivity contribution >= 4 is 15.8 Å². The topological polar surface area (TPSA) is 102 Å². The molecular weight excluding hydrogens is 442 g/mol. The molecule has 0 saturated carbocycles. The van der Waals surface area contributed by atoms with E-state index in [9.17, 15) is 13.2 Å². The Morgan fingerprint density at radius 1 is 0.939 bits per heavy atom. The number of ether oxygens (including phenoxy) is 2. The van der Waals surface area contributed by atoms with Gasteiger partial charge >= 0.3 is 5.97 Å². The quantitative estimate of drug-likeness (QED) is 0.385. The second-order valence-corrected chi connectivity index (χ2v) is 9.33. The number of hydrogen-bond donors (Lipinski definition) is 2. The summed E-state index contributed by atoms with van der Waals surface area (Å²) >= 11 is 0. The van der Waals surface area contributed by atoms with Gasteiger partial charge in [0.25, 0.3) is 0 Å². The van der Waals surface area contributed by atoms with Crippen molar-refractivity contribution in [2.75, 3.05) is 20.2 Å². The van der Waals surface area contributed by atoms with Gasteiger partial charge in [-0.1, -0.05) is 36.4 Å². The van der Waals surface area contributed by atoms with E-state index in [4.69, 9.17) is 14.6 Å². The summed E-state index contributed by atoms with van der Waals surface area (Å²) in [5.41, 5.74) is 0.990. The van der Waals surface area contributed by atoms with Crippen molar-refractivity contribution in [3.63, 3.8) is 0 Å². The van der Waals surface area contributed by atoms with Crippen molar-refractivity contribution in [2.24, 2.45) is 0 Å². The molecule has 0 heterocycles. The van der Waals surface area contributed by atoms with Gasteiger partial charge in [0.15, 0.2) is 0 Å². The van der Waals surface area contributed by atoms with Crippen LogP contribution in [-0.4, -0.2) is 39.7 Å². The van der Waals surface area contributed by atoms with Crippen molar-refractivity contribution in [3.8, 4) is 11.5 Å². The molecule has 3 aromatic rings. The fraction of sp³-hybridized carbons (Fsp3) is 0.240. The highest BCUT2D eigenvalue weighted by Crippen LogP contribution is 2.29. The minimum absolute atomic E-state index is 0.0832. The van der Waals surface area contributed by atoms with Gasteiger partial charge in [0.1, 0.15) is 17.6 Å². The largest absolute Gasteiger partial charge is 0.497 e. The summed E-state index contributed by atoms with van der Waals surface area (Å²) in [4.78, 5) is 11.0. The molecule has 8 heteroatoms. The lowest BCUT2D eigenvalue weighted by Crippen LogP contribution is -2.24. The summed E-state index contributed by atoms with van der Waals surface area (Å²) in [6, 6.07) is 22.4. The van der Waals surface area contributed by atoms with E-state index in [0.717, 1.165) is 12.0 Å². The molecular formula is C25H27NO6S. The summed E-state index contributed by atoms with van der Waals surface area (Å²) in [7, 11) is -2.20. The molecule has 0 bridgehead atoms. The maximum absolute atomic E-state index is 13.0. The molecule has 2 N–H and O–H groups in total. The molecule has 1 atom stereocenters. The van der Waals surface area contributed by atoms with E-state index in [2.05, 4.69) is 5.32 Å². The Bertz CT molecular complexity index is 1150. The van der Waals surface area contributed by atoms with E-state index in [1.165, 1.54) is 31.4 Å². The fourth-order valence-electron chi connectivity index (χ4n) is 3.34. The van der Waals surface area contributed by atoms with Gasteiger partial charge in [-0.05, 0) is 67.4 Å². The number of carboxylic acid groups (broad SMARTS) is 1. The van der Waals surface area contributed by atoms with Crippen LogP contribution in [0.2, 0.25) is 0 Å². The molecule has 0 spiro atoms. The third kappa shape index (κ3) is 6.81. The average Bonchev–Trinajstić information content (AvgIpc) is 2.84. The average molecular weight is 470 g/mol. The lowest BCUT2D eigenvalue weighted by atomic mass is 10.0. The summed E-state index contributed by atoms with van der Waals surface area (Å²) in [5.74, 6) is 0.126. The molecule has 0 radical (unpaired) electrons. The fourth-order valence-corrected chi connectivity index (χ4v) is 4.63. The minimum atomic E-state index is -3.69. The van der Waals surface area contributed by atoms with Crippen LogP contribution < -0.4 is 14.8 Å². The number of rotatable bonds is 12. The summed E-state index contributed by atoms with van der Waals surface area (Å²) in [5, 5.41) is 11.6. The molecule has 0 aliphatic carbocycles. The SMILES string of the molecule is COc1cccc(S(=O)(=O)c2ccc(OC(CCCNCC(=O)O)c3ccccc3)cc2)c1. The lowest BCUT2D eigenvalue weighted by Gasteiger charge is -2.20. The molecule has 0 amide bonds. The van der Waals surface area contributed by atoms with Gasteiger partial charge < -0.3 is 19.9 Å². The van der Waals surface area contributed by atoms with Gasteiger partial charge in [0.05, 0.1) is 23.4 Å². The molecule has 7 nitrogen and oxygen atoms in total. The predicted octanol–water partition coefficient (Wildman–Crippen LogP) is 4.10. The van der Waals surface area contributed by atoms with Crippen LogP contribution in [0.5, 0.6) is 11.5 Å². The Labute approximate surface area is 193 Å². The second-order valence-electron chi connectivity index (χ2n) is 7.38. The number of nitrogens with one attached hydrogen (secondary N) is 1. The van der Waals surface area contributed by atoms with Crippen molar-refractivity contribution < 1.29 is 27.8 Å². The molecule has 0 aliphatic heterocycles. The highest BCUT2D eigenvalue weighted by atomic mass is 32.2. The van der Waals surface area contributed by atoms with E-state index in [1.807, 2.05) is 30.3 Å². The van der Waals surface area contributed by atoms with Crippen LogP contribution in [0.4, 0.5) is 0 Å². The second kappa shape index (κ2) is 11.5.